The molecule has 0 radical (unpaired) electrons. The lowest BCUT2D eigenvalue weighted by Gasteiger charge is -2.45. The van der Waals surface area contributed by atoms with Gasteiger partial charge in [-0.3, -0.25) is 14.5 Å². The van der Waals surface area contributed by atoms with Gasteiger partial charge in [0.2, 0.25) is 11.8 Å². The van der Waals surface area contributed by atoms with Crippen molar-refractivity contribution in [2.45, 2.75) is 81.1 Å². The number of imide groups is 1. The van der Waals surface area contributed by atoms with Crippen molar-refractivity contribution in [1.82, 2.24) is 4.90 Å². The summed E-state index contributed by atoms with van der Waals surface area (Å²) in [6.45, 7) is 17.3. The molecule has 2 aliphatic rings. The van der Waals surface area contributed by atoms with Crippen molar-refractivity contribution in [2.24, 2.45) is 33.5 Å². The van der Waals surface area contributed by atoms with E-state index in [0.717, 1.165) is 25.7 Å². The SMILES string of the molecule is C[C@H]1CC[C@@](C)(C(=O)N(C)C(=O)[C@]2(C)CC[C@H](C)C2(C)C)C1(C)C. The van der Waals surface area contributed by atoms with Gasteiger partial charge in [-0.05, 0) is 48.3 Å². The molecule has 0 aliphatic heterocycles. The van der Waals surface area contributed by atoms with E-state index in [0.29, 0.717) is 11.8 Å². The van der Waals surface area contributed by atoms with Crippen LogP contribution >= 0.6 is 0 Å². The van der Waals surface area contributed by atoms with Crippen LogP contribution < -0.4 is 0 Å². The van der Waals surface area contributed by atoms with Crippen molar-refractivity contribution in [3.8, 4) is 0 Å². The van der Waals surface area contributed by atoms with Gasteiger partial charge in [-0.1, -0.05) is 55.4 Å². The van der Waals surface area contributed by atoms with Crippen molar-refractivity contribution in [3.63, 3.8) is 0 Å². The van der Waals surface area contributed by atoms with Crippen LogP contribution in [0.1, 0.15) is 81.1 Å². The van der Waals surface area contributed by atoms with E-state index in [1.54, 1.807) is 7.05 Å². The molecule has 0 aromatic rings. The minimum atomic E-state index is -0.457. The number of hydrogen-bond donors (Lipinski definition) is 0. The van der Waals surface area contributed by atoms with Crippen LogP contribution in [-0.2, 0) is 9.59 Å². The zero-order chi connectivity index (χ0) is 18.7. The molecule has 0 aromatic carbocycles. The summed E-state index contributed by atoms with van der Waals surface area (Å²) in [6, 6.07) is 0. The van der Waals surface area contributed by atoms with Gasteiger partial charge in [0.05, 0.1) is 10.8 Å². The van der Waals surface area contributed by atoms with Crippen LogP contribution in [0, 0.1) is 33.5 Å². The van der Waals surface area contributed by atoms with E-state index < -0.39 is 10.8 Å². The molecule has 2 aliphatic carbocycles. The van der Waals surface area contributed by atoms with Crippen LogP contribution in [0.4, 0.5) is 0 Å². The molecule has 0 saturated heterocycles. The van der Waals surface area contributed by atoms with Crippen molar-refractivity contribution >= 4 is 11.8 Å². The molecule has 3 heteroatoms. The van der Waals surface area contributed by atoms with Gasteiger partial charge in [-0.15, -0.1) is 0 Å². The fourth-order valence-corrected chi connectivity index (χ4v) is 5.06. The Morgan fingerprint density at radius 3 is 1.25 bits per heavy atom. The lowest BCUT2D eigenvalue weighted by molar-refractivity contribution is -0.161. The summed E-state index contributed by atoms with van der Waals surface area (Å²) in [5, 5.41) is 0. The molecule has 2 rings (SSSR count). The quantitative estimate of drug-likeness (QED) is 0.673. The maximum absolute atomic E-state index is 13.4. The van der Waals surface area contributed by atoms with E-state index in [2.05, 4.69) is 55.4 Å². The Kier molecular flexibility index (Phi) is 4.52. The van der Waals surface area contributed by atoms with Gasteiger partial charge in [-0.2, -0.15) is 0 Å². The molecule has 0 aromatic heterocycles. The van der Waals surface area contributed by atoms with Crippen LogP contribution in [0.15, 0.2) is 0 Å². The largest absolute Gasteiger partial charge is 0.285 e. The van der Waals surface area contributed by atoms with Crippen LogP contribution in [0.3, 0.4) is 0 Å². The molecule has 0 heterocycles. The van der Waals surface area contributed by atoms with Crippen molar-refractivity contribution in [2.75, 3.05) is 7.05 Å². The monoisotopic (exact) mass is 335 g/mol. The van der Waals surface area contributed by atoms with Crippen molar-refractivity contribution in [1.29, 1.82) is 0 Å². The van der Waals surface area contributed by atoms with E-state index in [9.17, 15) is 9.59 Å². The molecule has 138 valence electrons. The Morgan fingerprint density at radius 2 is 1.04 bits per heavy atom. The summed E-state index contributed by atoms with van der Waals surface area (Å²) in [7, 11) is 1.71. The number of hydrogen-bond acceptors (Lipinski definition) is 2. The number of amides is 2. The zero-order valence-electron chi connectivity index (χ0n) is 17.2. The molecule has 2 fully saturated rings. The van der Waals surface area contributed by atoms with Crippen LogP contribution in [0.5, 0.6) is 0 Å². The molecule has 0 spiro atoms. The lowest BCUT2D eigenvalue weighted by Crippen LogP contribution is -2.54. The Labute approximate surface area is 148 Å². The summed E-state index contributed by atoms with van der Waals surface area (Å²) in [4.78, 5) is 28.2. The molecule has 3 nitrogen and oxygen atoms in total. The highest BCUT2D eigenvalue weighted by molar-refractivity contribution is 6.01. The fraction of sp³-hybridized carbons (Fsp3) is 0.905. The van der Waals surface area contributed by atoms with Gasteiger partial charge in [0, 0.05) is 7.05 Å². The van der Waals surface area contributed by atoms with Gasteiger partial charge in [0.25, 0.3) is 0 Å². The summed E-state index contributed by atoms with van der Waals surface area (Å²) >= 11 is 0. The molecule has 0 N–H and O–H groups in total. The summed E-state index contributed by atoms with van der Waals surface area (Å²) in [6.07, 6.45) is 3.84. The smallest absolute Gasteiger partial charge is 0.235 e. The Balaban J connectivity index is 2.31. The van der Waals surface area contributed by atoms with E-state index in [4.69, 9.17) is 0 Å². The number of carbonyl (C=O) groups excluding carboxylic acids is 2. The molecule has 24 heavy (non-hydrogen) atoms. The first-order valence-corrected chi connectivity index (χ1v) is 9.56. The average molecular weight is 336 g/mol. The van der Waals surface area contributed by atoms with Gasteiger partial charge in [0.1, 0.15) is 0 Å². The van der Waals surface area contributed by atoms with Gasteiger partial charge in [-0.25, -0.2) is 0 Å². The molecule has 2 amide bonds. The predicted molar refractivity (Wildman–Crippen MR) is 98.3 cm³/mol. The number of rotatable bonds is 2. The highest BCUT2D eigenvalue weighted by Gasteiger charge is 2.59. The zero-order valence-corrected chi connectivity index (χ0v) is 17.2. The van der Waals surface area contributed by atoms with Crippen LogP contribution in [0.25, 0.3) is 0 Å². The third kappa shape index (κ3) is 2.29. The van der Waals surface area contributed by atoms with E-state index >= 15 is 0 Å². The maximum Gasteiger partial charge on any atom is 0.235 e. The van der Waals surface area contributed by atoms with Gasteiger partial charge >= 0.3 is 0 Å². The normalized spacial score (nSPS) is 40.5. The highest BCUT2D eigenvalue weighted by atomic mass is 16.2. The first-order chi connectivity index (χ1) is 10.7. The topological polar surface area (TPSA) is 37.4 Å². The fourth-order valence-electron chi connectivity index (χ4n) is 5.06. The molecule has 0 bridgehead atoms. The molecular formula is C21H37NO2. The van der Waals surface area contributed by atoms with E-state index in [1.165, 1.54) is 4.90 Å². The summed E-state index contributed by atoms with van der Waals surface area (Å²) in [5.74, 6) is 1.01. The average Bonchev–Trinajstić information content (AvgIpc) is 2.85. The molecular weight excluding hydrogens is 298 g/mol. The second kappa shape index (κ2) is 5.57. The second-order valence-corrected chi connectivity index (χ2v) is 10.2. The van der Waals surface area contributed by atoms with Gasteiger partial charge < -0.3 is 0 Å². The minimum absolute atomic E-state index is 0.0124. The lowest BCUT2D eigenvalue weighted by atomic mass is 9.63. The second-order valence-electron chi connectivity index (χ2n) is 10.2. The standard InChI is InChI=1S/C21H37NO2/c1-14-10-12-20(7,18(14,3)4)16(23)22(9)17(24)21(8)13-11-15(2)19(21,5)6/h14-15H,10-13H2,1-9H3/t14-,15-,20-,21-/m0/s1. The molecule has 2 saturated carbocycles. The Morgan fingerprint density at radius 1 is 0.750 bits per heavy atom. The Bertz CT molecular complexity index is 502. The van der Waals surface area contributed by atoms with E-state index in [1.807, 2.05) is 0 Å². The molecule has 0 unspecified atom stereocenters. The van der Waals surface area contributed by atoms with Crippen molar-refractivity contribution in [3.05, 3.63) is 0 Å². The molecule has 4 atom stereocenters. The van der Waals surface area contributed by atoms with E-state index in [-0.39, 0.29) is 22.6 Å². The number of carbonyl (C=O) groups is 2. The van der Waals surface area contributed by atoms with Crippen LogP contribution in [-0.4, -0.2) is 23.8 Å². The first-order valence-electron chi connectivity index (χ1n) is 9.56. The third-order valence-electron chi connectivity index (χ3n) is 9.02. The number of nitrogens with zero attached hydrogens (tertiary/aromatic N) is 1. The third-order valence-corrected chi connectivity index (χ3v) is 9.02. The van der Waals surface area contributed by atoms with Gasteiger partial charge in [0.15, 0.2) is 0 Å². The first kappa shape index (κ1) is 19.5. The minimum Gasteiger partial charge on any atom is -0.285 e. The predicted octanol–water partition coefficient (Wildman–Crippen LogP) is 4.90. The Hall–Kier alpha value is -0.860. The summed E-state index contributed by atoms with van der Waals surface area (Å²) in [5.41, 5.74) is -1.08. The van der Waals surface area contributed by atoms with Crippen molar-refractivity contribution < 1.29 is 9.59 Å². The maximum atomic E-state index is 13.4. The van der Waals surface area contributed by atoms with Crippen LogP contribution in [0.2, 0.25) is 0 Å². The summed E-state index contributed by atoms with van der Waals surface area (Å²) < 4.78 is 0. The highest BCUT2D eigenvalue weighted by Crippen LogP contribution is 2.59.